The summed E-state index contributed by atoms with van der Waals surface area (Å²) in [6.07, 6.45) is 0.880. The highest BCUT2D eigenvalue weighted by Gasteiger charge is 2.39. The van der Waals surface area contributed by atoms with Crippen LogP contribution in [0.25, 0.3) is 11.1 Å². The summed E-state index contributed by atoms with van der Waals surface area (Å²) in [5.41, 5.74) is 2.39. The molecule has 0 aromatic heterocycles. The Morgan fingerprint density at radius 2 is 1.76 bits per heavy atom. The maximum atomic E-state index is 12.7. The summed E-state index contributed by atoms with van der Waals surface area (Å²) in [5.74, 6) is 0.474. The van der Waals surface area contributed by atoms with Gasteiger partial charge in [-0.15, -0.1) is 0 Å². The van der Waals surface area contributed by atoms with Crippen LogP contribution < -0.4 is 9.83 Å². The van der Waals surface area contributed by atoms with Crippen molar-refractivity contribution >= 4 is 12.9 Å². The lowest BCUT2D eigenvalue weighted by Gasteiger charge is -2.32. The fraction of sp³-hybridized carbons (Fsp3) is 0.294. The fourth-order valence-electron chi connectivity index (χ4n) is 2.75. The van der Waals surface area contributed by atoms with E-state index in [0.717, 1.165) is 23.1 Å². The first-order valence-corrected chi connectivity index (χ1v) is 8.70. The van der Waals surface area contributed by atoms with Gasteiger partial charge in [-0.05, 0) is 23.5 Å². The van der Waals surface area contributed by atoms with E-state index >= 15 is 0 Å². The third-order valence-corrected chi connectivity index (χ3v) is 5.82. The Balaban J connectivity index is 2.37. The van der Waals surface area contributed by atoms with Crippen LogP contribution in [-0.2, 0) is 9.98 Å². The average Bonchev–Trinajstić information content (AvgIpc) is 2.46. The molecule has 2 aromatic rings. The molecule has 0 spiro atoms. The van der Waals surface area contributed by atoms with Gasteiger partial charge in [0.1, 0.15) is 5.75 Å². The highest BCUT2D eigenvalue weighted by Crippen LogP contribution is 2.53. The van der Waals surface area contributed by atoms with Crippen LogP contribution in [0.2, 0.25) is 0 Å². The molecule has 0 saturated heterocycles. The van der Waals surface area contributed by atoms with Gasteiger partial charge in [0.05, 0.1) is 5.30 Å². The number of para-hydroxylation sites is 1. The molecule has 0 aliphatic carbocycles. The van der Waals surface area contributed by atoms with Gasteiger partial charge in [-0.2, -0.15) is 0 Å². The number of hydrogen-bond donors (Lipinski definition) is 1. The first kappa shape index (κ1) is 14.4. The summed E-state index contributed by atoms with van der Waals surface area (Å²) in [7, 11) is -3.86. The monoisotopic (exact) mass is 302 g/mol. The van der Waals surface area contributed by atoms with E-state index < -0.39 is 7.60 Å². The van der Waals surface area contributed by atoms with Crippen LogP contribution in [0.5, 0.6) is 5.75 Å². The lowest BCUT2D eigenvalue weighted by atomic mass is 9.81. The molecule has 1 unspecified atom stereocenters. The second-order valence-corrected chi connectivity index (χ2v) is 7.72. The lowest BCUT2D eigenvalue weighted by molar-refractivity contribution is 0.390. The normalized spacial score (nSPS) is 20.4. The van der Waals surface area contributed by atoms with E-state index in [1.807, 2.05) is 36.4 Å². The summed E-state index contributed by atoms with van der Waals surface area (Å²) < 4.78 is 18.2. The predicted octanol–water partition coefficient (Wildman–Crippen LogP) is 4.24. The Morgan fingerprint density at radius 3 is 2.48 bits per heavy atom. The van der Waals surface area contributed by atoms with E-state index in [9.17, 15) is 9.46 Å². The number of hydrogen-bond acceptors (Lipinski definition) is 2. The number of fused-ring (bicyclic) bond motifs is 3. The summed E-state index contributed by atoms with van der Waals surface area (Å²) in [4.78, 5) is 10.4. The van der Waals surface area contributed by atoms with E-state index in [1.54, 1.807) is 6.07 Å². The van der Waals surface area contributed by atoms with Crippen LogP contribution in [0.1, 0.15) is 32.8 Å². The maximum absolute atomic E-state index is 12.7. The SMILES string of the molecule is CCC(C)(C)c1cccc2c1P(=O)(O)Oc1ccccc1-2. The Kier molecular flexibility index (Phi) is 3.23. The topological polar surface area (TPSA) is 46.5 Å². The number of benzene rings is 2. The summed E-state index contributed by atoms with van der Waals surface area (Å²) in [5, 5.41) is 0.454. The maximum Gasteiger partial charge on any atom is 0.409 e. The first-order chi connectivity index (χ1) is 9.87. The predicted molar refractivity (Wildman–Crippen MR) is 85.3 cm³/mol. The van der Waals surface area contributed by atoms with Crippen molar-refractivity contribution < 1.29 is 14.0 Å². The van der Waals surface area contributed by atoms with Crippen LogP contribution in [0.15, 0.2) is 42.5 Å². The molecule has 1 aliphatic rings. The highest BCUT2D eigenvalue weighted by atomic mass is 31.2. The van der Waals surface area contributed by atoms with E-state index in [4.69, 9.17) is 4.52 Å². The summed E-state index contributed by atoms with van der Waals surface area (Å²) in [6.45, 7) is 6.26. The van der Waals surface area contributed by atoms with Gasteiger partial charge >= 0.3 is 7.60 Å². The second-order valence-electron chi connectivity index (χ2n) is 6.05. The fourth-order valence-corrected chi connectivity index (χ4v) is 4.45. The van der Waals surface area contributed by atoms with Crippen molar-refractivity contribution in [3.63, 3.8) is 0 Å². The molecule has 0 saturated carbocycles. The van der Waals surface area contributed by atoms with E-state index in [0.29, 0.717) is 11.1 Å². The van der Waals surface area contributed by atoms with Crippen molar-refractivity contribution in [3.05, 3.63) is 48.0 Å². The van der Waals surface area contributed by atoms with E-state index in [-0.39, 0.29) is 5.41 Å². The molecular weight excluding hydrogens is 283 g/mol. The third-order valence-electron chi connectivity index (χ3n) is 4.33. The molecule has 1 aliphatic heterocycles. The molecular formula is C17H19O3P. The molecule has 21 heavy (non-hydrogen) atoms. The molecule has 0 radical (unpaired) electrons. The van der Waals surface area contributed by atoms with Crippen molar-refractivity contribution in [3.8, 4) is 16.9 Å². The van der Waals surface area contributed by atoms with Crippen molar-refractivity contribution in [1.82, 2.24) is 0 Å². The molecule has 1 N–H and O–H groups in total. The van der Waals surface area contributed by atoms with E-state index in [2.05, 4.69) is 20.8 Å². The zero-order valence-electron chi connectivity index (χ0n) is 12.5. The molecule has 4 heteroatoms. The van der Waals surface area contributed by atoms with Crippen molar-refractivity contribution in [2.24, 2.45) is 0 Å². The molecule has 0 fully saturated rings. The van der Waals surface area contributed by atoms with Gasteiger partial charge in [-0.1, -0.05) is 57.2 Å². The Labute approximate surface area is 125 Å². The van der Waals surface area contributed by atoms with Crippen molar-refractivity contribution in [1.29, 1.82) is 0 Å². The van der Waals surface area contributed by atoms with Crippen molar-refractivity contribution in [2.45, 2.75) is 32.6 Å². The second kappa shape index (κ2) is 4.72. The molecule has 0 amide bonds. The molecule has 110 valence electrons. The van der Waals surface area contributed by atoms with Gasteiger partial charge in [-0.25, -0.2) is 4.57 Å². The Morgan fingerprint density at radius 1 is 1.10 bits per heavy atom. The van der Waals surface area contributed by atoms with Gasteiger partial charge in [0, 0.05) is 11.1 Å². The van der Waals surface area contributed by atoms with Gasteiger partial charge in [0.2, 0.25) is 0 Å². The largest absolute Gasteiger partial charge is 0.421 e. The van der Waals surface area contributed by atoms with Crippen LogP contribution in [-0.4, -0.2) is 4.89 Å². The number of rotatable bonds is 2. The van der Waals surface area contributed by atoms with Gasteiger partial charge < -0.3 is 9.42 Å². The van der Waals surface area contributed by atoms with Gasteiger partial charge in [0.15, 0.2) is 0 Å². The smallest absolute Gasteiger partial charge is 0.409 e. The quantitative estimate of drug-likeness (QED) is 0.844. The molecule has 0 bridgehead atoms. The van der Waals surface area contributed by atoms with Crippen molar-refractivity contribution in [2.75, 3.05) is 0 Å². The lowest BCUT2D eigenvalue weighted by Crippen LogP contribution is -2.29. The first-order valence-electron chi connectivity index (χ1n) is 7.12. The molecule has 2 aromatic carbocycles. The minimum atomic E-state index is -3.86. The van der Waals surface area contributed by atoms with Gasteiger partial charge in [0.25, 0.3) is 0 Å². The Bertz CT molecular complexity index is 749. The standard InChI is InChI=1S/C17H19O3P/c1-4-17(2,3)14-10-7-9-13-12-8-5-6-11-15(12)20-21(18,19)16(13)14/h5-11H,4H2,1-3H3,(H,18,19). The van der Waals surface area contributed by atoms with Crippen LogP contribution >= 0.6 is 7.60 Å². The van der Waals surface area contributed by atoms with E-state index in [1.165, 1.54) is 0 Å². The molecule has 3 nitrogen and oxygen atoms in total. The van der Waals surface area contributed by atoms with Crippen LogP contribution in [0.3, 0.4) is 0 Å². The minimum Gasteiger partial charge on any atom is -0.421 e. The van der Waals surface area contributed by atoms with Crippen LogP contribution in [0.4, 0.5) is 0 Å². The molecule has 1 heterocycles. The zero-order chi connectivity index (χ0) is 15.3. The summed E-state index contributed by atoms with van der Waals surface area (Å²) in [6, 6.07) is 13.2. The van der Waals surface area contributed by atoms with Crippen LogP contribution in [0, 0.1) is 0 Å². The zero-order valence-corrected chi connectivity index (χ0v) is 13.4. The highest BCUT2D eigenvalue weighted by molar-refractivity contribution is 7.62. The van der Waals surface area contributed by atoms with Gasteiger partial charge in [-0.3, -0.25) is 0 Å². The summed E-state index contributed by atoms with van der Waals surface area (Å²) >= 11 is 0. The third kappa shape index (κ3) is 2.21. The Hall–Kier alpha value is -1.57. The molecule has 1 atom stereocenters. The minimum absolute atomic E-state index is 0.181. The average molecular weight is 302 g/mol. The molecule has 3 rings (SSSR count).